The fourth-order valence-electron chi connectivity index (χ4n) is 2.50. The van der Waals surface area contributed by atoms with Crippen molar-refractivity contribution in [1.29, 1.82) is 5.41 Å². The van der Waals surface area contributed by atoms with Crippen molar-refractivity contribution in [2.45, 2.75) is 0 Å². The lowest BCUT2D eigenvalue weighted by Gasteiger charge is -2.08. The quantitative estimate of drug-likeness (QED) is 0.679. The molecule has 1 N–H and O–H groups in total. The molecule has 1 saturated heterocycles. The number of rotatable bonds is 4. The Morgan fingerprint density at radius 2 is 2.15 bits per heavy atom. The first-order chi connectivity index (χ1) is 13.0. The van der Waals surface area contributed by atoms with Crippen molar-refractivity contribution in [2.24, 2.45) is 0 Å². The van der Waals surface area contributed by atoms with Gasteiger partial charge in [-0.2, -0.15) is 0 Å². The van der Waals surface area contributed by atoms with E-state index < -0.39 is 5.97 Å². The number of carbonyl (C=O) groups is 2. The van der Waals surface area contributed by atoms with Gasteiger partial charge in [-0.3, -0.25) is 10.2 Å². The molecular formula is C18H10N3O4S2-. The number of amidine groups is 1. The Bertz CT molecular complexity index is 1090. The fraction of sp³-hybridized carbons (Fsp3) is 0. The fourth-order valence-corrected chi connectivity index (χ4v) is 4.03. The number of carboxylic acids is 1. The minimum Gasteiger partial charge on any atom is -0.545 e. The van der Waals surface area contributed by atoms with Gasteiger partial charge in [0.1, 0.15) is 11.5 Å². The average molecular weight is 396 g/mol. The number of carboxylic acid groups (broad SMARTS) is 1. The molecule has 0 unspecified atom stereocenters. The van der Waals surface area contributed by atoms with Crippen molar-refractivity contribution in [3.8, 4) is 11.3 Å². The van der Waals surface area contributed by atoms with Crippen molar-refractivity contribution in [1.82, 2.24) is 4.98 Å². The Labute approximate surface area is 161 Å². The van der Waals surface area contributed by atoms with Gasteiger partial charge in [-0.25, -0.2) is 9.88 Å². The van der Waals surface area contributed by atoms with E-state index in [0.29, 0.717) is 27.1 Å². The number of aromatic carboxylic acids is 1. The first-order valence-corrected chi connectivity index (χ1v) is 9.36. The zero-order valence-electron chi connectivity index (χ0n) is 13.5. The average Bonchev–Trinajstić information content (AvgIpc) is 3.38. The van der Waals surface area contributed by atoms with E-state index in [9.17, 15) is 14.7 Å². The minimum absolute atomic E-state index is 0.0536. The molecule has 1 aliphatic heterocycles. The first kappa shape index (κ1) is 17.3. The minimum atomic E-state index is -1.26. The summed E-state index contributed by atoms with van der Waals surface area (Å²) in [7, 11) is 0. The third kappa shape index (κ3) is 3.29. The van der Waals surface area contributed by atoms with Crippen molar-refractivity contribution < 1.29 is 19.1 Å². The number of anilines is 1. The molecule has 0 atom stereocenters. The molecule has 4 rings (SSSR count). The van der Waals surface area contributed by atoms with Crippen LogP contribution in [0.5, 0.6) is 0 Å². The van der Waals surface area contributed by atoms with E-state index in [4.69, 9.17) is 9.83 Å². The smallest absolute Gasteiger partial charge is 0.273 e. The van der Waals surface area contributed by atoms with E-state index in [2.05, 4.69) is 4.98 Å². The first-order valence-electron chi connectivity index (χ1n) is 7.66. The number of hydrogen-bond acceptors (Lipinski definition) is 8. The van der Waals surface area contributed by atoms with Crippen molar-refractivity contribution in [3.63, 3.8) is 0 Å². The largest absolute Gasteiger partial charge is 0.545 e. The number of thioether (sulfide) groups is 1. The van der Waals surface area contributed by atoms with Gasteiger partial charge in [-0.05, 0) is 35.5 Å². The van der Waals surface area contributed by atoms with Gasteiger partial charge in [-0.1, -0.05) is 18.2 Å². The Morgan fingerprint density at radius 3 is 2.89 bits per heavy atom. The highest BCUT2D eigenvalue weighted by Gasteiger charge is 2.35. The van der Waals surface area contributed by atoms with Gasteiger partial charge in [0.15, 0.2) is 10.3 Å². The maximum atomic E-state index is 12.6. The normalized spacial score (nSPS) is 15.7. The number of hydrogen-bond donors (Lipinski definition) is 1. The molecule has 0 aliphatic carbocycles. The number of nitrogens with zero attached hydrogens (tertiary/aromatic N) is 2. The van der Waals surface area contributed by atoms with Crippen LogP contribution in [0, 0.1) is 5.41 Å². The molecule has 1 amide bonds. The molecule has 9 heteroatoms. The maximum absolute atomic E-state index is 12.6. The molecule has 134 valence electrons. The third-order valence-corrected chi connectivity index (χ3v) is 5.36. The van der Waals surface area contributed by atoms with Crippen LogP contribution in [0.1, 0.15) is 16.1 Å². The number of thiazole rings is 1. The van der Waals surface area contributed by atoms with Crippen LogP contribution in [-0.4, -0.2) is 22.0 Å². The second kappa shape index (κ2) is 6.86. The summed E-state index contributed by atoms with van der Waals surface area (Å²) in [4.78, 5) is 29.2. The molecule has 1 aromatic carbocycles. The van der Waals surface area contributed by atoms with Crippen molar-refractivity contribution >= 4 is 51.4 Å². The Morgan fingerprint density at radius 1 is 1.30 bits per heavy atom. The van der Waals surface area contributed by atoms with Crippen LogP contribution in [-0.2, 0) is 4.79 Å². The molecule has 3 aromatic rings. The van der Waals surface area contributed by atoms with Crippen LogP contribution in [0.3, 0.4) is 0 Å². The Hall–Kier alpha value is -3.17. The number of aromatic nitrogens is 1. The summed E-state index contributed by atoms with van der Waals surface area (Å²) >= 11 is 2.30. The molecule has 7 nitrogen and oxygen atoms in total. The van der Waals surface area contributed by atoms with Gasteiger partial charge in [-0.15, -0.1) is 11.3 Å². The van der Waals surface area contributed by atoms with E-state index in [0.717, 1.165) is 11.8 Å². The van der Waals surface area contributed by atoms with Gasteiger partial charge < -0.3 is 14.3 Å². The molecular weight excluding hydrogens is 386 g/mol. The summed E-state index contributed by atoms with van der Waals surface area (Å²) in [5.74, 6) is -0.711. The van der Waals surface area contributed by atoms with Gasteiger partial charge in [0, 0.05) is 23.2 Å². The molecule has 27 heavy (non-hydrogen) atoms. The standard InChI is InChI=1S/C18H11N3O4S2/c19-17-21(18-20-6-7-26-18)15(22)14(27-17)9-12-4-5-13(25-12)10-2-1-3-11(8-10)16(23)24/h1-9,19H,(H,23,24)/p-1/b14-9+,19-17?. The predicted octanol–water partition coefficient (Wildman–Crippen LogP) is 2.82. The lowest BCUT2D eigenvalue weighted by molar-refractivity contribution is -0.255. The second-order valence-corrected chi connectivity index (χ2v) is 7.34. The summed E-state index contributed by atoms with van der Waals surface area (Å²) < 4.78 is 5.72. The summed E-state index contributed by atoms with van der Waals surface area (Å²) in [6.45, 7) is 0. The SMILES string of the molecule is N=C1S/C(=C/c2ccc(-c3cccc(C(=O)[O-])c3)o2)C(=O)N1c1nccs1. The zero-order chi connectivity index (χ0) is 19.0. The van der Waals surface area contributed by atoms with Gasteiger partial charge in [0.05, 0.1) is 10.9 Å². The molecule has 0 bridgehead atoms. The maximum Gasteiger partial charge on any atom is 0.273 e. The van der Waals surface area contributed by atoms with Crippen molar-refractivity contribution in [3.05, 3.63) is 64.2 Å². The summed E-state index contributed by atoms with van der Waals surface area (Å²) in [5.41, 5.74) is 0.641. The summed E-state index contributed by atoms with van der Waals surface area (Å²) in [6.07, 6.45) is 3.13. The molecule has 0 saturated carbocycles. The van der Waals surface area contributed by atoms with Crippen LogP contribution in [0.4, 0.5) is 5.13 Å². The van der Waals surface area contributed by atoms with Crippen LogP contribution in [0.25, 0.3) is 17.4 Å². The van der Waals surface area contributed by atoms with Gasteiger partial charge in [0.2, 0.25) is 0 Å². The van der Waals surface area contributed by atoms with E-state index in [1.807, 2.05) is 0 Å². The lowest BCUT2D eigenvalue weighted by Crippen LogP contribution is -2.27. The van der Waals surface area contributed by atoms with Crippen LogP contribution in [0.15, 0.2) is 57.3 Å². The van der Waals surface area contributed by atoms with Crippen LogP contribution >= 0.6 is 23.1 Å². The molecule has 1 fully saturated rings. The topological polar surface area (TPSA) is 110 Å². The van der Waals surface area contributed by atoms with Gasteiger partial charge in [0.25, 0.3) is 5.91 Å². The molecule has 3 heterocycles. The van der Waals surface area contributed by atoms with Crippen molar-refractivity contribution in [2.75, 3.05) is 4.90 Å². The van der Waals surface area contributed by atoms with E-state index in [1.165, 1.54) is 28.4 Å². The Kier molecular flexibility index (Phi) is 4.38. The highest BCUT2D eigenvalue weighted by atomic mass is 32.2. The highest BCUT2D eigenvalue weighted by molar-refractivity contribution is 8.19. The molecule has 0 spiro atoms. The number of benzene rings is 1. The number of furan rings is 1. The summed E-state index contributed by atoms with van der Waals surface area (Å²) in [5, 5.41) is 21.3. The Balaban J connectivity index is 1.61. The van der Waals surface area contributed by atoms with Gasteiger partial charge >= 0.3 is 0 Å². The molecule has 1 aliphatic rings. The lowest BCUT2D eigenvalue weighted by atomic mass is 10.1. The summed E-state index contributed by atoms with van der Waals surface area (Å²) in [6, 6.07) is 9.59. The second-order valence-electron chi connectivity index (χ2n) is 5.44. The van der Waals surface area contributed by atoms with Crippen LogP contribution in [0.2, 0.25) is 0 Å². The van der Waals surface area contributed by atoms with E-state index in [-0.39, 0.29) is 16.6 Å². The third-order valence-electron chi connectivity index (χ3n) is 3.72. The van der Waals surface area contributed by atoms with E-state index >= 15 is 0 Å². The zero-order valence-corrected chi connectivity index (χ0v) is 15.2. The monoisotopic (exact) mass is 396 g/mol. The predicted molar refractivity (Wildman–Crippen MR) is 101 cm³/mol. The van der Waals surface area contributed by atoms with Crippen LogP contribution < -0.4 is 10.0 Å². The number of nitrogens with one attached hydrogen (secondary N) is 1. The highest BCUT2D eigenvalue weighted by Crippen LogP contribution is 2.36. The number of carbonyl (C=O) groups excluding carboxylic acids is 2. The van der Waals surface area contributed by atoms with E-state index in [1.54, 1.807) is 41.9 Å². The molecule has 0 radical (unpaired) electrons. The number of amides is 1. The molecule has 2 aromatic heterocycles.